The fraction of sp³-hybridized carbons (Fsp3) is 0.909. The van der Waals surface area contributed by atoms with Crippen molar-refractivity contribution in [3.8, 4) is 0 Å². The molecule has 3 nitrogen and oxygen atoms in total. The Morgan fingerprint density at radius 3 is 2.64 bits per heavy atom. The van der Waals surface area contributed by atoms with Crippen molar-refractivity contribution in [1.82, 2.24) is 0 Å². The van der Waals surface area contributed by atoms with Gasteiger partial charge in [0, 0.05) is 13.3 Å². The lowest BCUT2D eigenvalue weighted by molar-refractivity contribution is -0.189. The van der Waals surface area contributed by atoms with Crippen LogP contribution in [-0.4, -0.2) is 17.9 Å². The molecule has 80 valence electrons. The van der Waals surface area contributed by atoms with Gasteiger partial charge in [-0.25, -0.2) is 0 Å². The number of carbonyl (C=O) groups is 1. The van der Waals surface area contributed by atoms with Crippen molar-refractivity contribution in [3.05, 3.63) is 0 Å². The van der Waals surface area contributed by atoms with Crippen LogP contribution in [-0.2, 0) is 14.3 Å². The van der Waals surface area contributed by atoms with Gasteiger partial charge in [0.2, 0.25) is 6.29 Å². The molecule has 0 aromatic carbocycles. The third-order valence-corrected chi connectivity index (χ3v) is 3.28. The highest BCUT2D eigenvalue weighted by Crippen LogP contribution is 2.42. The lowest BCUT2D eigenvalue weighted by Crippen LogP contribution is -2.32. The van der Waals surface area contributed by atoms with Crippen molar-refractivity contribution in [2.75, 3.05) is 0 Å². The molecule has 1 aliphatic carbocycles. The second kappa shape index (κ2) is 3.89. The fourth-order valence-corrected chi connectivity index (χ4v) is 2.61. The summed E-state index contributed by atoms with van der Waals surface area (Å²) in [7, 11) is 0. The largest absolute Gasteiger partial charge is 0.436 e. The Bertz CT molecular complexity index is 219. The van der Waals surface area contributed by atoms with Crippen LogP contribution in [0.3, 0.4) is 0 Å². The van der Waals surface area contributed by atoms with Crippen molar-refractivity contribution in [3.63, 3.8) is 0 Å². The van der Waals surface area contributed by atoms with E-state index in [4.69, 9.17) is 9.47 Å². The van der Waals surface area contributed by atoms with E-state index in [2.05, 4.69) is 0 Å². The lowest BCUT2D eigenvalue weighted by atomic mass is 9.83. The van der Waals surface area contributed by atoms with Crippen molar-refractivity contribution >= 4 is 5.97 Å². The van der Waals surface area contributed by atoms with Gasteiger partial charge < -0.3 is 9.47 Å². The molecule has 2 fully saturated rings. The summed E-state index contributed by atoms with van der Waals surface area (Å²) in [5, 5.41) is 0. The molecular formula is C11H18O3. The smallest absolute Gasteiger partial charge is 0.304 e. The van der Waals surface area contributed by atoms with Gasteiger partial charge in [-0.15, -0.1) is 0 Å². The van der Waals surface area contributed by atoms with Crippen LogP contribution >= 0.6 is 0 Å². The standard InChI is InChI=1S/C11H18O3/c1-9(12)13-10-5-8-11(14-10)6-3-2-4-7-11/h10H,2-8H2,1H3. The Kier molecular flexibility index (Phi) is 2.77. The van der Waals surface area contributed by atoms with Crippen LogP contribution in [0.25, 0.3) is 0 Å². The van der Waals surface area contributed by atoms with Crippen molar-refractivity contribution in [2.24, 2.45) is 0 Å². The minimum Gasteiger partial charge on any atom is -0.436 e. The van der Waals surface area contributed by atoms with E-state index in [1.165, 1.54) is 26.2 Å². The van der Waals surface area contributed by atoms with E-state index in [9.17, 15) is 4.79 Å². The van der Waals surface area contributed by atoms with Crippen molar-refractivity contribution in [2.45, 2.75) is 63.8 Å². The van der Waals surface area contributed by atoms with E-state index in [1.807, 2.05) is 0 Å². The Morgan fingerprint density at radius 1 is 1.29 bits per heavy atom. The van der Waals surface area contributed by atoms with Gasteiger partial charge in [-0.1, -0.05) is 19.3 Å². The fourth-order valence-electron chi connectivity index (χ4n) is 2.61. The zero-order chi connectivity index (χ0) is 10.0. The molecule has 0 aromatic heterocycles. The number of esters is 1. The van der Waals surface area contributed by atoms with Crippen LogP contribution in [0.4, 0.5) is 0 Å². The summed E-state index contributed by atoms with van der Waals surface area (Å²) in [6.45, 7) is 1.44. The van der Waals surface area contributed by atoms with E-state index >= 15 is 0 Å². The molecule has 1 atom stereocenters. The molecule has 0 radical (unpaired) electrons. The summed E-state index contributed by atoms with van der Waals surface area (Å²) in [5.74, 6) is -0.233. The molecule has 0 N–H and O–H groups in total. The van der Waals surface area contributed by atoms with Crippen LogP contribution in [0.2, 0.25) is 0 Å². The van der Waals surface area contributed by atoms with Gasteiger partial charge in [0.15, 0.2) is 0 Å². The molecule has 1 unspecified atom stereocenters. The highest BCUT2D eigenvalue weighted by molar-refractivity contribution is 5.66. The first-order valence-corrected chi connectivity index (χ1v) is 5.55. The van der Waals surface area contributed by atoms with Crippen LogP contribution < -0.4 is 0 Å². The van der Waals surface area contributed by atoms with E-state index in [-0.39, 0.29) is 17.9 Å². The number of hydrogen-bond donors (Lipinski definition) is 0. The molecule has 3 heteroatoms. The van der Waals surface area contributed by atoms with Crippen LogP contribution in [0.5, 0.6) is 0 Å². The molecule has 0 amide bonds. The Hall–Kier alpha value is -0.570. The molecular weight excluding hydrogens is 180 g/mol. The number of rotatable bonds is 1. The normalized spacial score (nSPS) is 30.5. The molecule has 1 heterocycles. The number of ether oxygens (including phenoxy) is 2. The minimum absolute atomic E-state index is 0.0539. The zero-order valence-corrected chi connectivity index (χ0v) is 8.75. The van der Waals surface area contributed by atoms with Gasteiger partial charge in [-0.3, -0.25) is 4.79 Å². The van der Waals surface area contributed by atoms with Crippen LogP contribution in [0, 0.1) is 0 Å². The summed E-state index contributed by atoms with van der Waals surface area (Å²) in [6, 6.07) is 0. The molecule has 1 saturated carbocycles. The average molecular weight is 198 g/mol. The summed E-state index contributed by atoms with van der Waals surface area (Å²) in [4.78, 5) is 10.8. The maximum Gasteiger partial charge on any atom is 0.304 e. The average Bonchev–Trinajstić information content (AvgIpc) is 2.49. The molecule has 0 bridgehead atoms. The molecule has 1 saturated heterocycles. The van der Waals surface area contributed by atoms with Gasteiger partial charge in [0.1, 0.15) is 0 Å². The monoisotopic (exact) mass is 198 g/mol. The maximum atomic E-state index is 10.8. The first-order valence-electron chi connectivity index (χ1n) is 5.55. The summed E-state index contributed by atoms with van der Waals surface area (Å²) < 4.78 is 10.9. The molecule has 2 aliphatic rings. The maximum absolute atomic E-state index is 10.8. The van der Waals surface area contributed by atoms with Crippen LogP contribution in [0.15, 0.2) is 0 Å². The first-order chi connectivity index (χ1) is 6.70. The predicted octanol–water partition coefficient (Wildman–Crippen LogP) is 2.39. The Morgan fingerprint density at radius 2 is 2.00 bits per heavy atom. The van der Waals surface area contributed by atoms with Crippen molar-refractivity contribution in [1.29, 1.82) is 0 Å². The second-order valence-corrected chi connectivity index (χ2v) is 4.44. The van der Waals surface area contributed by atoms with E-state index < -0.39 is 0 Å². The van der Waals surface area contributed by atoms with Gasteiger partial charge >= 0.3 is 5.97 Å². The molecule has 1 spiro atoms. The molecule has 1 aliphatic heterocycles. The van der Waals surface area contributed by atoms with Gasteiger partial charge in [0.25, 0.3) is 0 Å². The number of carbonyl (C=O) groups excluding carboxylic acids is 1. The van der Waals surface area contributed by atoms with Crippen LogP contribution in [0.1, 0.15) is 51.9 Å². The van der Waals surface area contributed by atoms with E-state index in [1.54, 1.807) is 0 Å². The highest BCUT2D eigenvalue weighted by Gasteiger charge is 2.41. The van der Waals surface area contributed by atoms with Gasteiger partial charge in [-0.05, 0) is 19.3 Å². The molecule has 2 rings (SSSR count). The van der Waals surface area contributed by atoms with Gasteiger partial charge in [0.05, 0.1) is 5.60 Å². The van der Waals surface area contributed by atoms with E-state index in [0.717, 1.165) is 25.7 Å². The third-order valence-electron chi connectivity index (χ3n) is 3.28. The Labute approximate surface area is 84.8 Å². The zero-order valence-electron chi connectivity index (χ0n) is 8.75. The van der Waals surface area contributed by atoms with E-state index in [0.29, 0.717) is 0 Å². The topological polar surface area (TPSA) is 35.5 Å². The Balaban J connectivity index is 1.89. The summed E-state index contributed by atoms with van der Waals surface area (Å²) in [6.07, 6.45) is 7.79. The molecule has 0 aromatic rings. The molecule has 14 heavy (non-hydrogen) atoms. The quantitative estimate of drug-likeness (QED) is 0.607. The van der Waals surface area contributed by atoms with Gasteiger partial charge in [-0.2, -0.15) is 0 Å². The SMILES string of the molecule is CC(=O)OC1CCC2(CCCCC2)O1. The summed E-state index contributed by atoms with van der Waals surface area (Å²) in [5.41, 5.74) is 0.0539. The second-order valence-electron chi connectivity index (χ2n) is 4.44. The predicted molar refractivity (Wildman–Crippen MR) is 51.7 cm³/mol. The van der Waals surface area contributed by atoms with Crippen molar-refractivity contribution < 1.29 is 14.3 Å². The third kappa shape index (κ3) is 2.08. The lowest BCUT2D eigenvalue weighted by Gasteiger charge is -2.32. The minimum atomic E-state index is -0.273. The summed E-state index contributed by atoms with van der Waals surface area (Å²) >= 11 is 0. The highest BCUT2D eigenvalue weighted by atomic mass is 16.7. The number of hydrogen-bond acceptors (Lipinski definition) is 3. The first kappa shape index (κ1) is 9.97.